The summed E-state index contributed by atoms with van der Waals surface area (Å²) >= 11 is 1.36. The van der Waals surface area contributed by atoms with Gasteiger partial charge in [0, 0.05) is 17.8 Å². The van der Waals surface area contributed by atoms with Crippen LogP contribution in [0.1, 0.15) is 11.4 Å². The smallest absolute Gasteiger partial charge is 0.422 e. The number of halogens is 3. The standard InChI is InChI=1S/C15H12F3N3O2S/c1-9-6-12(22)14-11(4-5-24-14)21(9)7-10-2-3-13(20-19-10)23-8-15(16,17)18/h2-6H,7-8H2,1H3. The van der Waals surface area contributed by atoms with E-state index in [9.17, 15) is 18.0 Å². The number of pyridine rings is 1. The molecule has 0 atom stereocenters. The van der Waals surface area contributed by atoms with Crippen molar-refractivity contribution in [3.8, 4) is 5.88 Å². The molecule has 3 aromatic heterocycles. The lowest BCUT2D eigenvalue weighted by Gasteiger charge is -2.12. The number of thiophene rings is 1. The zero-order valence-corrected chi connectivity index (χ0v) is 13.3. The predicted molar refractivity (Wildman–Crippen MR) is 83.5 cm³/mol. The summed E-state index contributed by atoms with van der Waals surface area (Å²) in [5.74, 6) is -0.187. The van der Waals surface area contributed by atoms with Crippen molar-refractivity contribution in [2.24, 2.45) is 0 Å². The maximum absolute atomic E-state index is 12.1. The first-order valence-electron chi connectivity index (χ1n) is 6.93. The van der Waals surface area contributed by atoms with E-state index in [2.05, 4.69) is 14.9 Å². The van der Waals surface area contributed by atoms with Crippen molar-refractivity contribution >= 4 is 21.6 Å². The number of nitrogens with zero attached hydrogens (tertiary/aromatic N) is 3. The van der Waals surface area contributed by atoms with Crippen molar-refractivity contribution in [2.75, 3.05) is 6.61 Å². The highest BCUT2D eigenvalue weighted by molar-refractivity contribution is 7.17. The van der Waals surface area contributed by atoms with Gasteiger partial charge in [-0.15, -0.1) is 21.5 Å². The number of rotatable bonds is 4. The van der Waals surface area contributed by atoms with Crippen molar-refractivity contribution in [3.63, 3.8) is 0 Å². The van der Waals surface area contributed by atoms with Crippen LogP contribution in [0.2, 0.25) is 0 Å². The van der Waals surface area contributed by atoms with Crippen LogP contribution in [0.25, 0.3) is 10.2 Å². The Morgan fingerprint density at radius 1 is 1.25 bits per heavy atom. The number of aryl methyl sites for hydroxylation is 1. The second-order valence-electron chi connectivity index (χ2n) is 5.14. The minimum Gasteiger partial charge on any atom is -0.467 e. The van der Waals surface area contributed by atoms with Crippen LogP contribution in [0.3, 0.4) is 0 Å². The molecule has 3 rings (SSSR count). The average molecular weight is 355 g/mol. The first-order valence-corrected chi connectivity index (χ1v) is 7.81. The maximum Gasteiger partial charge on any atom is 0.422 e. The van der Waals surface area contributed by atoms with E-state index in [0.29, 0.717) is 16.9 Å². The molecule has 0 aliphatic carbocycles. The van der Waals surface area contributed by atoms with Crippen LogP contribution in [0.4, 0.5) is 13.2 Å². The quantitative estimate of drug-likeness (QED) is 0.721. The SMILES string of the molecule is Cc1cc(=O)c2sccc2n1Cc1ccc(OCC(F)(F)F)nn1. The Balaban J connectivity index is 1.82. The fraction of sp³-hybridized carbons (Fsp3) is 0.267. The molecule has 0 saturated carbocycles. The summed E-state index contributed by atoms with van der Waals surface area (Å²) in [6.45, 7) is 0.758. The van der Waals surface area contributed by atoms with Gasteiger partial charge in [-0.3, -0.25) is 4.79 Å². The molecule has 3 aromatic rings. The molecular weight excluding hydrogens is 343 g/mol. The zero-order valence-electron chi connectivity index (χ0n) is 12.5. The van der Waals surface area contributed by atoms with Crippen LogP contribution in [0.15, 0.2) is 34.4 Å². The summed E-state index contributed by atoms with van der Waals surface area (Å²) in [7, 11) is 0. The van der Waals surface area contributed by atoms with Gasteiger partial charge in [0.25, 0.3) is 0 Å². The molecule has 24 heavy (non-hydrogen) atoms. The summed E-state index contributed by atoms with van der Waals surface area (Å²) < 4.78 is 43.4. The third-order valence-corrected chi connectivity index (χ3v) is 4.24. The van der Waals surface area contributed by atoms with Crippen LogP contribution in [0.5, 0.6) is 5.88 Å². The number of ether oxygens (including phenoxy) is 1. The average Bonchev–Trinajstić information content (AvgIpc) is 3.00. The van der Waals surface area contributed by atoms with Crippen LogP contribution in [-0.4, -0.2) is 27.5 Å². The van der Waals surface area contributed by atoms with Gasteiger partial charge in [0.2, 0.25) is 5.88 Å². The second kappa shape index (κ2) is 6.23. The van der Waals surface area contributed by atoms with E-state index in [1.807, 2.05) is 22.9 Å². The lowest BCUT2D eigenvalue weighted by Crippen LogP contribution is -2.20. The molecule has 0 aliphatic heterocycles. The third-order valence-electron chi connectivity index (χ3n) is 3.32. The number of fused-ring (bicyclic) bond motifs is 1. The summed E-state index contributed by atoms with van der Waals surface area (Å²) in [5, 5.41) is 9.37. The predicted octanol–water partition coefficient (Wildman–Crippen LogP) is 3.15. The van der Waals surface area contributed by atoms with Crippen LogP contribution in [0, 0.1) is 6.92 Å². The van der Waals surface area contributed by atoms with Crippen LogP contribution in [-0.2, 0) is 6.54 Å². The molecule has 9 heteroatoms. The zero-order chi connectivity index (χ0) is 17.3. The van der Waals surface area contributed by atoms with Gasteiger partial charge in [0.15, 0.2) is 12.0 Å². The number of hydrogen-bond donors (Lipinski definition) is 0. The molecule has 5 nitrogen and oxygen atoms in total. The van der Waals surface area contributed by atoms with E-state index in [4.69, 9.17) is 0 Å². The largest absolute Gasteiger partial charge is 0.467 e. The minimum atomic E-state index is -4.42. The molecule has 0 fully saturated rings. The van der Waals surface area contributed by atoms with Gasteiger partial charge in [-0.1, -0.05) is 0 Å². The molecule has 0 radical (unpaired) electrons. The Morgan fingerprint density at radius 3 is 2.71 bits per heavy atom. The fourth-order valence-electron chi connectivity index (χ4n) is 2.26. The topological polar surface area (TPSA) is 57.0 Å². The molecular formula is C15H12F3N3O2S. The van der Waals surface area contributed by atoms with Crippen molar-refractivity contribution < 1.29 is 17.9 Å². The summed E-state index contributed by atoms with van der Waals surface area (Å²) in [6.07, 6.45) is -4.42. The number of hydrogen-bond acceptors (Lipinski definition) is 5. The van der Waals surface area contributed by atoms with Gasteiger partial charge in [-0.25, -0.2) is 0 Å². The first-order chi connectivity index (χ1) is 11.3. The molecule has 3 heterocycles. The molecule has 0 aromatic carbocycles. The van der Waals surface area contributed by atoms with Gasteiger partial charge in [-0.2, -0.15) is 13.2 Å². The van der Waals surface area contributed by atoms with Crippen LogP contribution < -0.4 is 10.2 Å². The Hall–Kier alpha value is -2.42. The molecule has 0 N–H and O–H groups in total. The Labute approximate surface area is 138 Å². The highest BCUT2D eigenvalue weighted by Crippen LogP contribution is 2.20. The van der Waals surface area contributed by atoms with E-state index < -0.39 is 12.8 Å². The minimum absolute atomic E-state index is 0.0317. The van der Waals surface area contributed by atoms with Crippen LogP contribution >= 0.6 is 11.3 Å². The Morgan fingerprint density at radius 2 is 2.04 bits per heavy atom. The highest BCUT2D eigenvalue weighted by atomic mass is 32.1. The monoisotopic (exact) mass is 355 g/mol. The normalized spacial score (nSPS) is 11.8. The van der Waals surface area contributed by atoms with Crippen molar-refractivity contribution in [3.05, 3.63) is 51.3 Å². The highest BCUT2D eigenvalue weighted by Gasteiger charge is 2.28. The van der Waals surface area contributed by atoms with E-state index in [-0.39, 0.29) is 11.3 Å². The fourth-order valence-corrected chi connectivity index (χ4v) is 3.07. The first kappa shape index (κ1) is 16.4. The van der Waals surface area contributed by atoms with E-state index in [0.717, 1.165) is 11.2 Å². The maximum atomic E-state index is 12.1. The van der Waals surface area contributed by atoms with E-state index >= 15 is 0 Å². The Bertz CT molecular complexity index is 916. The molecule has 0 bridgehead atoms. The molecule has 0 saturated heterocycles. The molecule has 0 amide bonds. The number of alkyl halides is 3. The summed E-state index contributed by atoms with van der Waals surface area (Å²) in [6, 6.07) is 6.29. The number of aromatic nitrogens is 3. The Kier molecular flexibility index (Phi) is 4.27. The van der Waals surface area contributed by atoms with Crippen molar-refractivity contribution in [1.29, 1.82) is 0 Å². The molecule has 0 unspecified atom stereocenters. The van der Waals surface area contributed by atoms with Gasteiger partial charge in [0.1, 0.15) is 0 Å². The molecule has 126 valence electrons. The molecule has 0 spiro atoms. The van der Waals surface area contributed by atoms with Gasteiger partial charge < -0.3 is 9.30 Å². The van der Waals surface area contributed by atoms with Gasteiger partial charge >= 0.3 is 6.18 Å². The van der Waals surface area contributed by atoms with E-state index in [1.165, 1.54) is 17.4 Å². The van der Waals surface area contributed by atoms with E-state index in [1.54, 1.807) is 12.1 Å². The van der Waals surface area contributed by atoms with Crippen molar-refractivity contribution in [2.45, 2.75) is 19.6 Å². The summed E-state index contributed by atoms with van der Waals surface area (Å²) in [4.78, 5) is 11.9. The summed E-state index contributed by atoms with van der Waals surface area (Å²) in [5.41, 5.74) is 2.08. The third kappa shape index (κ3) is 3.56. The van der Waals surface area contributed by atoms with Gasteiger partial charge in [-0.05, 0) is 24.4 Å². The van der Waals surface area contributed by atoms with Gasteiger partial charge in [0.05, 0.1) is 22.5 Å². The lowest BCUT2D eigenvalue weighted by molar-refractivity contribution is -0.154. The second-order valence-corrected chi connectivity index (χ2v) is 6.05. The van der Waals surface area contributed by atoms with Crippen molar-refractivity contribution in [1.82, 2.24) is 14.8 Å². The molecule has 0 aliphatic rings. The lowest BCUT2D eigenvalue weighted by atomic mass is 10.3.